The lowest BCUT2D eigenvalue weighted by Gasteiger charge is -2.36. The number of benzene rings is 2. The molecule has 174 valence electrons. The van der Waals surface area contributed by atoms with E-state index in [4.69, 9.17) is 18.0 Å². The normalized spacial score (nSPS) is 16.0. The number of aliphatic hydroxyl groups excluding tert-OH is 1. The minimum absolute atomic E-state index is 0.0195. The maximum absolute atomic E-state index is 12.0. The molecule has 1 fully saturated rings. The van der Waals surface area contributed by atoms with Crippen molar-refractivity contribution in [2.45, 2.75) is 30.3 Å². The Bertz CT molecular complexity index is 1010. The Labute approximate surface area is 196 Å². The molecule has 1 unspecified atom stereocenters. The molecule has 0 aromatic heterocycles. The second-order valence-corrected chi connectivity index (χ2v) is 10.6. The largest absolute Gasteiger partial charge is 0.388 e. The molecular weight excluding hydrogens is 444 g/mol. The van der Waals surface area contributed by atoms with Crippen molar-refractivity contribution in [1.29, 1.82) is 0 Å². The van der Waals surface area contributed by atoms with Crippen molar-refractivity contribution in [3.05, 3.63) is 54.1 Å². The van der Waals surface area contributed by atoms with Crippen molar-refractivity contribution in [3.63, 3.8) is 0 Å². The molecule has 2 aromatic rings. The van der Waals surface area contributed by atoms with Crippen molar-refractivity contribution in [3.8, 4) is 0 Å². The fourth-order valence-corrected chi connectivity index (χ4v) is 4.95. The number of para-hydroxylation sites is 1. The van der Waals surface area contributed by atoms with Crippen molar-refractivity contribution in [2.75, 3.05) is 49.2 Å². The molecule has 2 aromatic carbocycles. The highest BCUT2D eigenvalue weighted by atomic mass is 32.2. The van der Waals surface area contributed by atoms with Crippen molar-refractivity contribution >= 4 is 38.5 Å². The van der Waals surface area contributed by atoms with Gasteiger partial charge in [-0.2, -0.15) is 0 Å². The van der Waals surface area contributed by atoms with Gasteiger partial charge in [0.2, 0.25) is 0 Å². The van der Waals surface area contributed by atoms with Crippen LogP contribution in [0.2, 0.25) is 0 Å². The van der Waals surface area contributed by atoms with Gasteiger partial charge in [0.15, 0.2) is 14.9 Å². The number of sulfone groups is 1. The van der Waals surface area contributed by atoms with Crippen LogP contribution in [-0.2, 0) is 9.84 Å². The number of nitrogens with zero attached hydrogens (tertiary/aromatic N) is 2. The highest BCUT2D eigenvalue weighted by Gasteiger charge is 2.18. The standard InChI is InChI=1S/C23H32N4O3S2/c1-32(29,30)22-11-10-18(17-20(22)25-23(24)31)21(28)9-5-6-12-26-13-15-27(16-14-26)19-7-3-2-4-8-19/h2-4,7-8,10-11,17,21,28H,5-6,9,12-16H2,1H3,(H3,24,25,31). The summed E-state index contributed by atoms with van der Waals surface area (Å²) in [6, 6.07) is 15.2. The third-order valence-corrected chi connectivity index (χ3v) is 7.00. The Kier molecular flexibility index (Phi) is 8.47. The van der Waals surface area contributed by atoms with Gasteiger partial charge < -0.3 is 21.1 Å². The van der Waals surface area contributed by atoms with Crippen LogP contribution in [0.25, 0.3) is 0 Å². The molecule has 0 bridgehead atoms. The van der Waals surface area contributed by atoms with Crippen LogP contribution >= 0.6 is 12.2 Å². The van der Waals surface area contributed by atoms with Crippen LogP contribution in [0.3, 0.4) is 0 Å². The Morgan fingerprint density at radius 3 is 2.44 bits per heavy atom. The summed E-state index contributed by atoms with van der Waals surface area (Å²) < 4.78 is 24.0. The minimum Gasteiger partial charge on any atom is -0.388 e. The molecule has 0 spiro atoms. The first-order chi connectivity index (χ1) is 15.2. The van der Waals surface area contributed by atoms with E-state index in [0.29, 0.717) is 17.7 Å². The lowest BCUT2D eigenvalue weighted by atomic mass is 10.0. The van der Waals surface area contributed by atoms with E-state index in [2.05, 4.69) is 39.4 Å². The maximum atomic E-state index is 12.0. The lowest BCUT2D eigenvalue weighted by molar-refractivity contribution is 0.160. The summed E-state index contributed by atoms with van der Waals surface area (Å²) in [5.41, 5.74) is 7.75. The number of nitrogens with two attached hydrogens (primary N) is 1. The van der Waals surface area contributed by atoms with Gasteiger partial charge in [0.25, 0.3) is 0 Å². The highest BCUT2D eigenvalue weighted by Crippen LogP contribution is 2.28. The zero-order valence-corrected chi connectivity index (χ0v) is 20.0. The molecule has 1 aliphatic rings. The second-order valence-electron chi connectivity index (χ2n) is 8.19. The molecule has 9 heteroatoms. The molecular formula is C23H32N4O3S2. The van der Waals surface area contributed by atoms with E-state index in [9.17, 15) is 13.5 Å². The molecule has 1 saturated heterocycles. The first kappa shape index (κ1) is 24.4. The smallest absolute Gasteiger partial charge is 0.177 e. The maximum Gasteiger partial charge on any atom is 0.177 e. The van der Waals surface area contributed by atoms with E-state index in [1.54, 1.807) is 12.1 Å². The molecule has 1 heterocycles. The van der Waals surface area contributed by atoms with Gasteiger partial charge in [-0.05, 0) is 67.9 Å². The Morgan fingerprint density at radius 1 is 1.12 bits per heavy atom. The molecule has 4 N–H and O–H groups in total. The topological polar surface area (TPSA) is 98.9 Å². The van der Waals surface area contributed by atoms with Gasteiger partial charge >= 0.3 is 0 Å². The number of thiocarbonyl (C=S) groups is 1. The minimum atomic E-state index is -3.44. The average molecular weight is 477 g/mol. The highest BCUT2D eigenvalue weighted by molar-refractivity contribution is 7.90. The molecule has 0 amide bonds. The summed E-state index contributed by atoms with van der Waals surface area (Å²) in [5, 5.41) is 13.3. The summed E-state index contributed by atoms with van der Waals surface area (Å²) in [7, 11) is -3.44. The average Bonchev–Trinajstić information content (AvgIpc) is 2.76. The number of aliphatic hydroxyl groups is 1. The number of hydrogen-bond acceptors (Lipinski definition) is 6. The third kappa shape index (κ3) is 6.90. The second kappa shape index (κ2) is 11.1. The van der Waals surface area contributed by atoms with E-state index in [0.717, 1.165) is 51.8 Å². The van der Waals surface area contributed by atoms with Crippen molar-refractivity contribution < 1.29 is 13.5 Å². The van der Waals surface area contributed by atoms with Gasteiger partial charge in [0.1, 0.15) is 0 Å². The SMILES string of the molecule is CS(=O)(=O)c1ccc(C(O)CCCCN2CCN(c3ccccc3)CC2)cc1NC(N)=S. The van der Waals surface area contributed by atoms with Gasteiger partial charge in [-0.15, -0.1) is 0 Å². The van der Waals surface area contributed by atoms with Gasteiger partial charge in [-0.25, -0.2) is 8.42 Å². The van der Waals surface area contributed by atoms with E-state index < -0.39 is 15.9 Å². The van der Waals surface area contributed by atoms with Crippen molar-refractivity contribution in [2.24, 2.45) is 5.73 Å². The third-order valence-electron chi connectivity index (χ3n) is 5.74. The van der Waals surface area contributed by atoms with Crippen LogP contribution in [0.5, 0.6) is 0 Å². The number of hydrogen-bond donors (Lipinski definition) is 3. The molecule has 7 nitrogen and oxygen atoms in total. The van der Waals surface area contributed by atoms with E-state index in [-0.39, 0.29) is 10.0 Å². The van der Waals surface area contributed by atoms with Gasteiger partial charge in [0.05, 0.1) is 16.7 Å². The first-order valence-electron chi connectivity index (χ1n) is 10.8. The predicted octanol–water partition coefficient (Wildman–Crippen LogP) is 2.77. The van der Waals surface area contributed by atoms with Gasteiger partial charge in [-0.1, -0.05) is 24.3 Å². The van der Waals surface area contributed by atoms with Crippen molar-refractivity contribution in [1.82, 2.24) is 4.90 Å². The number of rotatable bonds is 9. The Morgan fingerprint density at radius 2 is 1.81 bits per heavy atom. The number of anilines is 2. The monoisotopic (exact) mass is 476 g/mol. The fraction of sp³-hybridized carbons (Fsp3) is 0.435. The lowest BCUT2D eigenvalue weighted by Crippen LogP contribution is -2.46. The molecule has 3 rings (SSSR count). The predicted molar refractivity (Wildman–Crippen MR) is 134 cm³/mol. The van der Waals surface area contributed by atoms with E-state index >= 15 is 0 Å². The molecule has 0 aliphatic carbocycles. The van der Waals surface area contributed by atoms with Crippen LogP contribution in [0.15, 0.2) is 53.4 Å². The molecule has 1 atom stereocenters. The Balaban J connectivity index is 1.46. The van der Waals surface area contributed by atoms with Crippen LogP contribution in [0, 0.1) is 0 Å². The number of piperazine rings is 1. The quantitative estimate of drug-likeness (QED) is 0.375. The number of nitrogens with one attached hydrogen (secondary N) is 1. The van der Waals surface area contributed by atoms with Crippen LogP contribution in [0.1, 0.15) is 30.9 Å². The molecule has 0 saturated carbocycles. The van der Waals surface area contributed by atoms with Crippen LogP contribution in [-0.4, -0.2) is 62.5 Å². The van der Waals surface area contributed by atoms with Crippen LogP contribution < -0.4 is 16.0 Å². The molecule has 0 radical (unpaired) electrons. The summed E-state index contributed by atoms with van der Waals surface area (Å²) in [6.45, 7) is 5.14. The van der Waals surface area contributed by atoms with Gasteiger partial charge in [-0.3, -0.25) is 4.90 Å². The van der Waals surface area contributed by atoms with Crippen LogP contribution in [0.4, 0.5) is 11.4 Å². The molecule has 1 aliphatic heterocycles. The van der Waals surface area contributed by atoms with Gasteiger partial charge in [0, 0.05) is 38.1 Å². The summed E-state index contributed by atoms with van der Waals surface area (Å²) in [4.78, 5) is 4.99. The first-order valence-corrected chi connectivity index (χ1v) is 13.1. The Hall–Kier alpha value is -2.20. The summed E-state index contributed by atoms with van der Waals surface area (Å²) in [6.07, 6.45) is 2.94. The summed E-state index contributed by atoms with van der Waals surface area (Å²) >= 11 is 4.85. The van der Waals surface area contributed by atoms with E-state index in [1.807, 2.05) is 6.07 Å². The summed E-state index contributed by atoms with van der Waals surface area (Å²) in [5.74, 6) is 0. The zero-order valence-electron chi connectivity index (χ0n) is 18.4. The molecule has 32 heavy (non-hydrogen) atoms. The zero-order chi connectivity index (χ0) is 23.1. The number of unbranched alkanes of at least 4 members (excludes halogenated alkanes) is 1. The van der Waals surface area contributed by atoms with E-state index in [1.165, 1.54) is 11.8 Å². The fourth-order valence-electron chi connectivity index (χ4n) is 4.02.